The van der Waals surface area contributed by atoms with Gasteiger partial charge < -0.3 is 39.3 Å². The smallest absolute Gasteiger partial charge is 0.243 e. The normalized spacial score (nSPS) is 19.1. The van der Waals surface area contributed by atoms with Gasteiger partial charge in [-0.15, -0.1) is 22.7 Å². The van der Waals surface area contributed by atoms with Crippen molar-refractivity contribution in [1.82, 2.24) is 40.7 Å². The van der Waals surface area contributed by atoms with Gasteiger partial charge in [-0.3, -0.25) is 19.2 Å². The molecule has 0 saturated carbocycles. The maximum atomic E-state index is 14.3. The minimum atomic E-state index is -1.12. The minimum Gasteiger partial charge on any atom is -0.391 e. The third-order valence-corrected chi connectivity index (χ3v) is 14.1. The average Bonchev–Trinajstić information content (AvgIpc) is 4.17. The molecule has 340 valence electrons. The molecular formula is C47H52N8O8S2. The fraction of sp³-hybridized carbons (Fsp3) is 0.404. The Morgan fingerprint density at radius 1 is 0.800 bits per heavy atom. The van der Waals surface area contributed by atoms with E-state index < -0.39 is 35.6 Å². The van der Waals surface area contributed by atoms with Gasteiger partial charge in [0.15, 0.2) is 5.76 Å². The summed E-state index contributed by atoms with van der Waals surface area (Å²) in [5.74, 6) is -1.53. The van der Waals surface area contributed by atoms with Crippen LogP contribution in [0.3, 0.4) is 0 Å². The predicted octanol–water partition coefficient (Wildman–Crippen LogP) is 6.00. The van der Waals surface area contributed by atoms with Crippen molar-refractivity contribution in [3.8, 4) is 20.9 Å². The van der Waals surface area contributed by atoms with E-state index in [2.05, 4.69) is 30.9 Å². The van der Waals surface area contributed by atoms with Crippen LogP contribution in [0, 0.1) is 20.8 Å². The molecule has 6 heterocycles. The molecule has 0 aliphatic carbocycles. The van der Waals surface area contributed by atoms with Gasteiger partial charge in [-0.25, -0.2) is 9.97 Å². The van der Waals surface area contributed by atoms with Crippen LogP contribution in [0.5, 0.6) is 0 Å². The van der Waals surface area contributed by atoms with Crippen molar-refractivity contribution >= 4 is 46.3 Å². The van der Waals surface area contributed by atoms with Crippen LogP contribution in [0.25, 0.3) is 20.9 Å². The van der Waals surface area contributed by atoms with Gasteiger partial charge >= 0.3 is 0 Å². The van der Waals surface area contributed by atoms with E-state index in [1.54, 1.807) is 67.4 Å². The summed E-state index contributed by atoms with van der Waals surface area (Å²) >= 11 is 3.15. The number of thiazole rings is 2. The van der Waals surface area contributed by atoms with E-state index in [-0.39, 0.29) is 75.0 Å². The number of aliphatic hydroxyl groups excluding tert-OH is 1. The van der Waals surface area contributed by atoms with Gasteiger partial charge in [0.05, 0.1) is 62.6 Å². The summed E-state index contributed by atoms with van der Waals surface area (Å²) in [7, 11) is 0. The predicted molar refractivity (Wildman–Crippen MR) is 242 cm³/mol. The quantitative estimate of drug-likeness (QED) is 0.109. The molecule has 4 aromatic heterocycles. The van der Waals surface area contributed by atoms with Crippen molar-refractivity contribution in [3.05, 3.63) is 117 Å². The van der Waals surface area contributed by atoms with E-state index in [1.807, 2.05) is 73.4 Å². The Morgan fingerprint density at radius 3 is 1.89 bits per heavy atom. The number of ether oxygens (including phenoxy) is 1. The molecule has 0 radical (unpaired) electrons. The number of β-amino-alcohol motifs (C(OH)–C–C–N with tert-alkyl or cyclic N) is 1. The maximum Gasteiger partial charge on any atom is 0.243 e. The molecule has 2 aliphatic heterocycles. The first kappa shape index (κ1) is 45.5. The lowest BCUT2D eigenvalue weighted by molar-refractivity contribution is -0.143. The van der Waals surface area contributed by atoms with E-state index in [0.29, 0.717) is 17.1 Å². The Hall–Kier alpha value is -6.08. The second kappa shape index (κ2) is 19.2. The molecule has 3 N–H and O–H groups in total. The number of aromatic nitrogens is 4. The van der Waals surface area contributed by atoms with E-state index in [9.17, 15) is 24.3 Å². The van der Waals surface area contributed by atoms with Gasteiger partial charge in [-0.05, 0) is 63.8 Å². The summed E-state index contributed by atoms with van der Waals surface area (Å²) < 4.78 is 17.4. The summed E-state index contributed by atoms with van der Waals surface area (Å²) in [5.41, 5.74) is 9.37. The number of nitrogens with one attached hydrogen (secondary N) is 2. The topological polar surface area (TPSA) is 206 Å². The number of hydrogen-bond donors (Lipinski definition) is 3. The summed E-state index contributed by atoms with van der Waals surface area (Å²) in [4.78, 5) is 69.2. The minimum absolute atomic E-state index is 0.00621. The zero-order valence-corrected chi connectivity index (χ0v) is 38.7. The van der Waals surface area contributed by atoms with Gasteiger partial charge in [-0.1, -0.05) is 58.8 Å². The zero-order chi connectivity index (χ0) is 46.0. The first-order valence-electron chi connectivity index (χ1n) is 21.5. The molecule has 5 atom stereocenters. The monoisotopic (exact) mass is 920 g/mol. The number of benzene rings is 2. The van der Waals surface area contributed by atoms with Crippen LogP contribution in [0.15, 0.2) is 80.7 Å². The Labute approximate surface area is 384 Å². The fourth-order valence-electron chi connectivity index (χ4n) is 8.31. The standard InChI is InChI=1S/C47H52N8O8S2/c1-26-15-40(63-52-26)47(5,6)46(60)55-22-36(18-38(55)44(58)49-20-31-9-13-33(14-10-31)42-29(4)51-25-65-42)61-23-34-16-39(62-53-34)27(2)45(59)54-21-35(56)17-37(54)43(57)48-19-30-7-11-32(12-8-30)41-28(3)50-24-64-41/h7-16,24-25,27,35-38,56H,17-23H2,1-6H3,(H,48,57)(H,49,58)/t27-,35-,36-,37+,38+/m1/s1. The lowest BCUT2D eigenvalue weighted by Crippen LogP contribution is -2.51. The zero-order valence-electron chi connectivity index (χ0n) is 37.1. The van der Waals surface area contributed by atoms with E-state index in [1.165, 1.54) is 4.90 Å². The maximum absolute atomic E-state index is 14.3. The van der Waals surface area contributed by atoms with E-state index in [0.717, 1.165) is 43.4 Å². The average molecular weight is 921 g/mol. The second-order valence-corrected chi connectivity index (χ2v) is 19.0. The van der Waals surface area contributed by atoms with Crippen LogP contribution in [0.1, 0.15) is 85.0 Å². The third kappa shape index (κ3) is 9.95. The molecule has 2 aromatic carbocycles. The van der Waals surface area contributed by atoms with E-state index in [4.69, 9.17) is 13.8 Å². The Morgan fingerprint density at radius 2 is 1.37 bits per heavy atom. The lowest BCUT2D eigenvalue weighted by atomic mass is 9.88. The van der Waals surface area contributed by atoms with Gasteiger partial charge in [-0.2, -0.15) is 0 Å². The summed E-state index contributed by atoms with van der Waals surface area (Å²) in [6.07, 6.45) is -1.05. The molecule has 0 unspecified atom stereocenters. The summed E-state index contributed by atoms with van der Waals surface area (Å²) in [6, 6.07) is 17.5. The van der Waals surface area contributed by atoms with Crippen molar-refractivity contribution in [2.75, 3.05) is 13.1 Å². The van der Waals surface area contributed by atoms with Crippen LogP contribution in [-0.2, 0) is 49.0 Å². The third-order valence-electron chi connectivity index (χ3n) is 12.2. The lowest BCUT2D eigenvalue weighted by Gasteiger charge is -2.31. The van der Waals surface area contributed by atoms with Gasteiger partial charge in [0.1, 0.15) is 29.0 Å². The first-order chi connectivity index (χ1) is 31.2. The molecule has 18 heteroatoms. The Bertz CT molecular complexity index is 2650. The fourth-order valence-corrected chi connectivity index (χ4v) is 9.94. The Kier molecular flexibility index (Phi) is 13.4. The molecule has 4 amide bonds. The number of hydrogen-bond acceptors (Lipinski definition) is 14. The molecule has 16 nitrogen and oxygen atoms in total. The molecule has 8 rings (SSSR count). The molecule has 0 bridgehead atoms. The number of aryl methyl sites for hydroxylation is 3. The molecule has 65 heavy (non-hydrogen) atoms. The van der Waals surface area contributed by atoms with E-state index >= 15 is 0 Å². The second-order valence-electron chi connectivity index (χ2n) is 17.3. The number of amides is 4. The Balaban J connectivity index is 0.882. The number of rotatable bonds is 15. The molecular weight excluding hydrogens is 869 g/mol. The number of aliphatic hydroxyl groups is 1. The molecule has 6 aromatic rings. The molecule has 2 fully saturated rings. The highest BCUT2D eigenvalue weighted by Crippen LogP contribution is 2.33. The number of likely N-dealkylation sites (tertiary alicyclic amines) is 2. The number of nitrogens with zero attached hydrogens (tertiary/aromatic N) is 6. The molecule has 2 aliphatic rings. The largest absolute Gasteiger partial charge is 0.391 e. The SMILES string of the molecule is Cc1cc(C(C)(C)C(=O)N2C[C@H](OCc3cc([C@@H](C)C(=O)N4C[C@H](O)C[C@H]4C(=O)NCc4ccc(-c5scnc5C)cc4)on3)C[C@H]2C(=O)NCc2ccc(-c3scnc3C)cc2)on1. The summed E-state index contributed by atoms with van der Waals surface area (Å²) in [6.45, 7) is 11.5. The van der Waals surface area contributed by atoms with Gasteiger partial charge in [0.25, 0.3) is 0 Å². The highest BCUT2D eigenvalue weighted by molar-refractivity contribution is 7.13. The van der Waals surface area contributed by atoms with Crippen LogP contribution < -0.4 is 10.6 Å². The highest BCUT2D eigenvalue weighted by atomic mass is 32.1. The number of carbonyl (C=O) groups excluding carboxylic acids is 4. The van der Waals surface area contributed by atoms with Crippen molar-refractivity contribution in [3.63, 3.8) is 0 Å². The van der Waals surface area contributed by atoms with Crippen LogP contribution in [0.2, 0.25) is 0 Å². The van der Waals surface area contributed by atoms with Crippen molar-refractivity contribution in [2.45, 2.75) is 110 Å². The summed E-state index contributed by atoms with van der Waals surface area (Å²) in [5, 5.41) is 24.7. The molecule has 0 spiro atoms. The molecule has 2 saturated heterocycles. The van der Waals surface area contributed by atoms with Crippen molar-refractivity contribution < 1.29 is 38.1 Å². The van der Waals surface area contributed by atoms with Crippen molar-refractivity contribution in [2.24, 2.45) is 0 Å². The van der Waals surface area contributed by atoms with Gasteiger partial charge in [0, 0.05) is 51.2 Å². The van der Waals surface area contributed by atoms with Crippen molar-refractivity contribution in [1.29, 1.82) is 0 Å². The first-order valence-corrected chi connectivity index (χ1v) is 23.3. The number of carbonyl (C=O) groups is 4. The van der Waals surface area contributed by atoms with Crippen LogP contribution >= 0.6 is 22.7 Å². The van der Waals surface area contributed by atoms with Crippen LogP contribution in [-0.4, -0.2) is 96.2 Å². The van der Waals surface area contributed by atoms with Crippen LogP contribution in [0.4, 0.5) is 0 Å². The van der Waals surface area contributed by atoms with Gasteiger partial charge in [0.2, 0.25) is 23.6 Å². The highest BCUT2D eigenvalue weighted by Gasteiger charge is 2.47.